The normalized spacial score (nSPS) is 10.9. The summed E-state index contributed by atoms with van der Waals surface area (Å²) in [5, 5.41) is 11.9. The van der Waals surface area contributed by atoms with E-state index in [0.717, 1.165) is 28.6 Å². The first kappa shape index (κ1) is 25.2. The van der Waals surface area contributed by atoms with Crippen molar-refractivity contribution in [2.75, 3.05) is 13.2 Å². The number of benzene rings is 2. The highest BCUT2D eigenvalue weighted by molar-refractivity contribution is 9.10. The number of unbranched alkanes of at least 4 members (excludes halogenated alkanes) is 1. The van der Waals surface area contributed by atoms with E-state index < -0.39 is 5.91 Å². The molecule has 0 saturated heterocycles. The summed E-state index contributed by atoms with van der Waals surface area (Å²) in [6.07, 6.45) is 4.08. The third-order valence-corrected chi connectivity index (χ3v) is 5.09. The van der Waals surface area contributed by atoms with Gasteiger partial charge in [-0.25, -0.2) is 0 Å². The van der Waals surface area contributed by atoms with E-state index in [1.807, 2.05) is 38.1 Å². The minimum Gasteiger partial charge on any atom is -0.492 e. The standard InChI is InChI=1S/C25H27BrN2O4/c1-3-4-13-28-25(30)20(17-27)16-19-8-10-21(11-9-19)32-24(29)6-5-14-31-23-12-7-18(2)15-22(23)26/h7-12,15-16H,3-6,13-14H2,1-2H3,(H,28,30)/b20-16+. The van der Waals surface area contributed by atoms with Gasteiger partial charge in [0, 0.05) is 13.0 Å². The van der Waals surface area contributed by atoms with Crippen molar-refractivity contribution in [3.63, 3.8) is 0 Å². The maximum absolute atomic E-state index is 12.1. The number of rotatable bonds is 11. The van der Waals surface area contributed by atoms with E-state index in [0.29, 0.717) is 30.9 Å². The summed E-state index contributed by atoms with van der Waals surface area (Å²) in [7, 11) is 0. The molecule has 0 heterocycles. The second kappa shape index (κ2) is 13.3. The molecule has 1 amide bonds. The van der Waals surface area contributed by atoms with Crippen LogP contribution in [-0.2, 0) is 9.59 Å². The van der Waals surface area contributed by atoms with Gasteiger partial charge in [-0.2, -0.15) is 5.26 Å². The van der Waals surface area contributed by atoms with Gasteiger partial charge in [-0.05, 0) is 77.2 Å². The van der Waals surface area contributed by atoms with E-state index in [9.17, 15) is 14.9 Å². The Morgan fingerprint density at radius 1 is 1.16 bits per heavy atom. The van der Waals surface area contributed by atoms with Gasteiger partial charge in [-0.15, -0.1) is 0 Å². The highest BCUT2D eigenvalue weighted by atomic mass is 79.9. The van der Waals surface area contributed by atoms with Crippen LogP contribution in [0, 0.1) is 18.3 Å². The molecule has 0 radical (unpaired) electrons. The van der Waals surface area contributed by atoms with Crippen molar-refractivity contribution in [3.05, 3.63) is 63.6 Å². The Balaban J connectivity index is 1.80. The lowest BCUT2D eigenvalue weighted by Crippen LogP contribution is -2.25. The number of amides is 1. The third kappa shape index (κ3) is 8.56. The van der Waals surface area contributed by atoms with Crippen LogP contribution in [0.25, 0.3) is 6.08 Å². The highest BCUT2D eigenvalue weighted by Gasteiger charge is 2.09. The first-order chi connectivity index (χ1) is 15.4. The molecule has 32 heavy (non-hydrogen) atoms. The molecule has 0 atom stereocenters. The van der Waals surface area contributed by atoms with Gasteiger partial charge in [0.05, 0.1) is 11.1 Å². The Bertz CT molecular complexity index is 994. The molecule has 2 rings (SSSR count). The van der Waals surface area contributed by atoms with E-state index in [2.05, 4.69) is 21.2 Å². The lowest BCUT2D eigenvalue weighted by atomic mass is 10.1. The molecule has 7 heteroatoms. The van der Waals surface area contributed by atoms with E-state index in [1.54, 1.807) is 24.3 Å². The van der Waals surface area contributed by atoms with Crippen LogP contribution in [0.3, 0.4) is 0 Å². The fourth-order valence-electron chi connectivity index (χ4n) is 2.73. The van der Waals surface area contributed by atoms with Crippen molar-refractivity contribution >= 4 is 33.9 Å². The van der Waals surface area contributed by atoms with Gasteiger partial charge in [0.25, 0.3) is 5.91 Å². The lowest BCUT2D eigenvalue weighted by molar-refractivity contribution is -0.134. The third-order valence-electron chi connectivity index (χ3n) is 4.47. The molecule has 0 spiro atoms. The molecule has 2 aromatic rings. The number of nitriles is 1. The van der Waals surface area contributed by atoms with Crippen LogP contribution in [0.4, 0.5) is 0 Å². The molecule has 0 unspecified atom stereocenters. The summed E-state index contributed by atoms with van der Waals surface area (Å²) in [6, 6.07) is 14.4. The Morgan fingerprint density at radius 3 is 2.56 bits per heavy atom. The number of carbonyl (C=O) groups is 2. The lowest BCUT2D eigenvalue weighted by Gasteiger charge is -2.09. The molecule has 2 aromatic carbocycles. The van der Waals surface area contributed by atoms with Crippen LogP contribution in [0.1, 0.15) is 43.7 Å². The number of hydrogen-bond donors (Lipinski definition) is 1. The fourth-order valence-corrected chi connectivity index (χ4v) is 3.33. The van der Waals surface area contributed by atoms with Crippen molar-refractivity contribution in [2.24, 2.45) is 0 Å². The van der Waals surface area contributed by atoms with Crippen molar-refractivity contribution in [3.8, 4) is 17.6 Å². The number of halogens is 1. The minimum atomic E-state index is -0.392. The molecule has 0 bridgehead atoms. The highest BCUT2D eigenvalue weighted by Crippen LogP contribution is 2.26. The van der Waals surface area contributed by atoms with Crippen LogP contribution in [0.5, 0.6) is 11.5 Å². The minimum absolute atomic E-state index is 0.0334. The van der Waals surface area contributed by atoms with Gasteiger partial charge < -0.3 is 14.8 Å². The van der Waals surface area contributed by atoms with E-state index in [1.165, 1.54) is 6.08 Å². The van der Waals surface area contributed by atoms with Gasteiger partial charge >= 0.3 is 5.97 Å². The number of nitrogens with zero attached hydrogens (tertiary/aromatic N) is 1. The quantitative estimate of drug-likeness (QED) is 0.148. The predicted molar refractivity (Wildman–Crippen MR) is 127 cm³/mol. The average Bonchev–Trinajstić information content (AvgIpc) is 2.77. The number of ether oxygens (including phenoxy) is 2. The van der Waals surface area contributed by atoms with Gasteiger partial charge in [0.15, 0.2) is 0 Å². The average molecular weight is 499 g/mol. The molecule has 0 fully saturated rings. The van der Waals surface area contributed by atoms with E-state index >= 15 is 0 Å². The number of carbonyl (C=O) groups excluding carboxylic acids is 2. The summed E-state index contributed by atoms with van der Waals surface area (Å²) in [6.45, 7) is 4.97. The summed E-state index contributed by atoms with van der Waals surface area (Å²) in [5.74, 6) is 0.396. The maximum atomic E-state index is 12.1. The monoisotopic (exact) mass is 498 g/mol. The van der Waals surface area contributed by atoms with Crippen LogP contribution < -0.4 is 14.8 Å². The summed E-state index contributed by atoms with van der Waals surface area (Å²) < 4.78 is 11.9. The molecule has 0 saturated carbocycles. The summed E-state index contributed by atoms with van der Waals surface area (Å²) in [4.78, 5) is 24.1. The van der Waals surface area contributed by atoms with Crippen molar-refractivity contribution < 1.29 is 19.1 Å². The number of hydrogen-bond acceptors (Lipinski definition) is 5. The largest absolute Gasteiger partial charge is 0.492 e. The first-order valence-electron chi connectivity index (χ1n) is 10.5. The van der Waals surface area contributed by atoms with Crippen molar-refractivity contribution in [2.45, 2.75) is 39.5 Å². The van der Waals surface area contributed by atoms with Gasteiger partial charge in [0.1, 0.15) is 23.1 Å². The van der Waals surface area contributed by atoms with E-state index in [4.69, 9.17) is 9.47 Å². The number of nitrogens with one attached hydrogen (secondary N) is 1. The van der Waals surface area contributed by atoms with Gasteiger partial charge in [0.2, 0.25) is 0 Å². The summed E-state index contributed by atoms with van der Waals surface area (Å²) in [5.41, 5.74) is 1.84. The molecule has 0 aliphatic heterocycles. The van der Waals surface area contributed by atoms with Crippen molar-refractivity contribution in [1.29, 1.82) is 5.26 Å². The zero-order valence-corrected chi connectivity index (χ0v) is 19.9. The molecule has 0 aliphatic carbocycles. The molecule has 6 nitrogen and oxygen atoms in total. The summed E-state index contributed by atoms with van der Waals surface area (Å²) >= 11 is 3.46. The van der Waals surface area contributed by atoms with Crippen LogP contribution in [0.2, 0.25) is 0 Å². The van der Waals surface area contributed by atoms with Gasteiger partial charge in [-0.3, -0.25) is 9.59 Å². The molecule has 0 aliphatic rings. The number of aryl methyl sites for hydroxylation is 1. The second-order valence-corrected chi connectivity index (χ2v) is 8.06. The first-order valence-corrected chi connectivity index (χ1v) is 11.3. The zero-order valence-electron chi connectivity index (χ0n) is 18.3. The molecule has 1 N–H and O–H groups in total. The predicted octanol–water partition coefficient (Wildman–Crippen LogP) is 5.35. The fraction of sp³-hybridized carbons (Fsp3) is 0.320. The zero-order chi connectivity index (χ0) is 23.3. The van der Waals surface area contributed by atoms with Crippen LogP contribution in [-0.4, -0.2) is 25.0 Å². The Labute approximate surface area is 197 Å². The Kier molecular flexibility index (Phi) is 10.5. The molecular formula is C25H27BrN2O4. The van der Waals surface area contributed by atoms with E-state index in [-0.39, 0.29) is 18.0 Å². The number of esters is 1. The molecule has 168 valence electrons. The Morgan fingerprint density at radius 2 is 1.91 bits per heavy atom. The molecular weight excluding hydrogens is 472 g/mol. The topological polar surface area (TPSA) is 88.4 Å². The molecule has 0 aromatic heterocycles. The maximum Gasteiger partial charge on any atom is 0.311 e. The Hall–Kier alpha value is -3.11. The van der Waals surface area contributed by atoms with Gasteiger partial charge in [-0.1, -0.05) is 31.5 Å². The SMILES string of the molecule is CCCCNC(=O)/C(C#N)=C/c1ccc(OC(=O)CCCOc2ccc(C)cc2Br)cc1. The smallest absolute Gasteiger partial charge is 0.311 e. The second-order valence-electron chi connectivity index (χ2n) is 7.21. The van der Waals surface area contributed by atoms with Crippen LogP contribution in [0.15, 0.2) is 52.5 Å². The van der Waals surface area contributed by atoms with Crippen molar-refractivity contribution in [1.82, 2.24) is 5.32 Å². The van der Waals surface area contributed by atoms with Crippen LogP contribution >= 0.6 is 15.9 Å².